The van der Waals surface area contributed by atoms with Gasteiger partial charge in [-0.25, -0.2) is 0 Å². The van der Waals surface area contributed by atoms with Crippen molar-refractivity contribution in [1.29, 1.82) is 0 Å². The van der Waals surface area contributed by atoms with E-state index in [1.165, 1.54) is 12.4 Å². The predicted molar refractivity (Wildman–Crippen MR) is 78.1 cm³/mol. The zero-order valence-corrected chi connectivity index (χ0v) is 12.5. The summed E-state index contributed by atoms with van der Waals surface area (Å²) in [4.78, 5) is 37.2. The van der Waals surface area contributed by atoms with Crippen molar-refractivity contribution in [3.63, 3.8) is 0 Å². The second-order valence-corrected chi connectivity index (χ2v) is 5.09. The van der Waals surface area contributed by atoms with Gasteiger partial charge in [0.05, 0.1) is 11.5 Å². The second kappa shape index (κ2) is 6.93. The lowest BCUT2D eigenvalue weighted by Gasteiger charge is -2.06. The number of carbonyl (C=O) groups excluding carboxylic acids is 1. The van der Waals surface area contributed by atoms with Gasteiger partial charge in [-0.1, -0.05) is 11.3 Å². The molecule has 2 aromatic rings. The zero-order valence-electron chi connectivity index (χ0n) is 11.6. The van der Waals surface area contributed by atoms with Gasteiger partial charge in [-0.2, -0.15) is 14.6 Å². The number of fused-ring (bicyclic) bond motifs is 1. The highest BCUT2D eigenvalue weighted by atomic mass is 32.1. The molecule has 0 saturated heterocycles. The summed E-state index contributed by atoms with van der Waals surface area (Å²) in [6.45, 7) is 1.97. The molecule has 0 aromatic carbocycles. The number of anilines is 1. The van der Waals surface area contributed by atoms with Crippen LogP contribution in [0.25, 0.3) is 4.96 Å². The maximum atomic E-state index is 12.0. The first-order valence-electron chi connectivity index (χ1n) is 6.39. The van der Waals surface area contributed by atoms with Crippen molar-refractivity contribution in [3.05, 3.63) is 26.0 Å². The Hall–Kier alpha value is -2.56. The van der Waals surface area contributed by atoms with Gasteiger partial charge in [-0.3, -0.25) is 19.7 Å². The molecule has 2 aromatic heterocycles. The molecule has 0 amide bonds. The van der Waals surface area contributed by atoms with E-state index < -0.39 is 16.2 Å². The van der Waals surface area contributed by atoms with Crippen molar-refractivity contribution in [3.8, 4) is 0 Å². The van der Waals surface area contributed by atoms with Crippen LogP contribution in [-0.2, 0) is 9.53 Å². The van der Waals surface area contributed by atoms with E-state index in [0.717, 1.165) is 15.9 Å². The van der Waals surface area contributed by atoms with Gasteiger partial charge in [-0.15, -0.1) is 0 Å². The molecule has 0 bridgehead atoms. The third-order valence-corrected chi connectivity index (χ3v) is 3.35. The molecule has 0 saturated carbocycles. The molecule has 0 atom stereocenters. The number of hydrogen-bond acceptors (Lipinski definition) is 9. The maximum Gasteiger partial charge on any atom is 0.377 e. The molecule has 118 valence electrons. The molecule has 0 unspecified atom stereocenters. The van der Waals surface area contributed by atoms with Gasteiger partial charge in [0.25, 0.3) is 0 Å². The van der Waals surface area contributed by atoms with Crippen LogP contribution in [0.4, 0.5) is 11.5 Å². The van der Waals surface area contributed by atoms with Gasteiger partial charge >= 0.3 is 17.2 Å². The van der Waals surface area contributed by atoms with Gasteiger partial charge in [0, 0.05) is 13.5 Å². The quantitative estimate of drug-likeness (QED) is 0.342. The van der Waals surface area contributed by atoms with Crippen molar-refractivity contribution in [2.45, 2.75) is 19.8 Å². The van der Waals surface area contributed by atoms with Gasteiger partial charge < -0.3 is 10.1 Å². The monoisotopic (exact) mass is 327 g/mol. The summed E-state index contributed by atoms with van der Waals surface area (Å²) >= 11 is 1.11. The van der Waals surface area contributed by atoms with Crippen molar-refractivity contribution in [2.24, 2.45) is 0 Å². The van der Waals surface area contributed by atoms with E-state index in [-0.39, 0.29) is 23.4 Å². The number of aromatic nitrogens is 3. The maximum absolute atomic E-state index is 12.0. The highest BCUT2D eigenvalue weighted by Crippen LogP contribution is 2.19. The van der Waals surface area contributed by atoms with Crippen molar-refractivity contribution in [2.75, 3.05) is 18.5 Å². The summed E-state index contributed by atoms with van der Waals surface area (Å²) in [6, 6.07) is 0. The fraction of sp³-hybridized carbons (Fsp3) is 0.455. The number of nitro groups is 1. The number of rotatable bonds is 7. The van der Waals surface area contributed by atoms with E-state index in [1.807, 2.05) is 0 Å². The van der Waals surface area contributed by atoms with Crippen LogP contribution < -0.4 is 10.9 Å². The van der Waals surface area contributed by atoms with Crippen LogP contribution in [0.5, 0.6) is 0 Å². The van der Waals surface area contributed by atoms with Crippen LogP contribution in [0.3, 0.4) is 0 Å². The largest absolute Gasteiger partial charge is 0.466 e. The first-order chi connectivity index (χ1) is 10.5. The molecule has 22 heavy (non-hydrogen) atoms. The number of nitrogens with zero attached hydrogens (tertiary/aromatic N) is 4. The minimum Gasteiger partial charge on any atom is -0.466 e. The van der Waals surface area contributed by atoms with Crippen LogP contribution in [0.2, 0.25) is 0 Å². The Bertz CT molecular complexity index is 755. The minimum absolute atomic E-state index is 0.0771. The third-order valence-electron chi connectivity index (χ3n) is 2.68. The van der Waals surface area contributed by atoms with E-state index >= 15 is 0 Å². The van der Waals surface area contributed by atoms with E-state index in [2.05, 4.69) is 15.4 Å². The first kappa shape index (κ1) is 15.8. The van der Waals surface area contributed by atoms with Gasteiger partial charge in [-0.05, 0) is 12.8 Å². The highest BCUT2D eigenvalue weighted by molar-refractivity contribution is 7.14. The Labute approximate surface area is 127 Å². The Morgan fingerprint density at radius 1 is 1.55 bits per heavy atom. The summed E-state index contributed by atoms with van der Waals surface area (Å²) in [5.41, 5.74) is -0.0712. The molecule has 11 heteroatoms. The fourth-order valence-electron chi connectivity index (χ4n) is 1.72. The molecule has 0 radical (unpaired) electrons. The van der Waals surface area contributed by atoms with Crippen molar-refractivity contribution in [1.82, 2.24) is 14.6 Å². The lowest BCUT2D eigenvalue weighted by atomic mass is 10.3. The number of unbranched alkanes of at least 4 members (excludes halogenated alkanes) is 1. The topological polar surface area (TPSA) is 129 Å². The normalized spacial score (nSPS) is 10.6. The summed E-state index contributed by atoms with van der Waals surface area (Å²) in [5, 5.41) is 17.5. The molecule has 0 aliphatic rings. The van der Waals surface area contributed by atoms with E-state index in [0.29, 0.717) is 19.4 Å². The lowest BCUT2D eigenvalue weighted by Crippen LogP contribution is -2.21. The summed E-state index contributed by atoms with van der Waals surface area (Å²) < 4.78 is 5.67. The van der Waals surface area contributed by atoms with Gasteiger partial charge in [0.1, 0.15) is 5.51 Å². The molecule has 10 nitrogen and oxygen atoms in total. The molecule has 0 fully saturated rings. The van der Waals surface area contributed by atoms with Crippen LogP contribution in [0.15, 0.2) is 10.3 Å². The van der Waals surface area contributed by atoms with E-state index in [9.17, 15) is 19.7 Å². The van der Waals surface area contributed by atoms with Gasteiger partial charge in [0.15, 0.2) is 0 Å². The Morgan fingerprint density at radius 3 is 3.00 bits per heavy atom. The van der Waals surface area contributed by atoms with Gasteiger partial charge in [0.2, 0.25) is 10.8 Å². The van der Waals surface area contributed by atoms with Crippen molar-refractivity contribution >= 4 is 33.8 Å². The summed E-state index contributed by atoms with van der Waals surface area (Å²) in [6.07, 6.45) is 1.20. The number of nitrogens with one attached hydrogen (secondary N) is 1. The number of carbonyl (C=O) groups is 1. The Balaban J connectivity index is 2.07. The average molecular weight is 327 g/mol. The smallest absolute Gasteiger partial charge is 0.377 e. The van der Waals surface area contributed by atoms with E-state index in [1.54, 1.807) is 0 Å². The molecule has 0 aliphatic heterocycles. The summed E-state index contributed by atoms with van der Waals surface area (Å²) in [5.74, 6) is -0.430. The SMILES string of the molecule is CC(=O)OCCCCNc1nc2scnn2c(=O)c1[N+](=O)[O-]. The molecular formula is C11H13N5O5S. The number of esters is 1. The molecule has 0 aliphatic carbocycles. The Kier molecular flexibility index (Phi) is 4.99. The highest BCUT2D eigenvalue weighted by Gasteiger charge is 2.24. The molecule has 0 spiro atoms. The molecule has 2 heterocycles. The third kappa shape index (κ3) is 3.55. The molecule has 1 N–H and O–H groups in total. The number of hydrogen-bond donors (Lipinski definition) is 1. The van der Waals surface area contributed by atoms with Crippen molar-refractivity contribution < 1.29 is 14.5 Å². The Morgan fingerprint density at radius 2 is 2.32 bits per heavy atom. The first-order valence-corrected chi connectivity index (χ1v) is 7.27. The van der Waals surface area contributed by atoms with Crippen LogP contribution in [-0.4, -0.2) is 38.6 Å². The van der Waals surface area contributed by atoms with Crippen LogP contribution in [0, 0.1) is 10.1 Å². The number of ether oxygens (including phenoxy) is 1. The lowest BCUT2D eigenvalue weighted by molar-refractivity contribution is -0.385. The predicted octanol–water partition coefficient (Wildman–Crippen LogP) is 0.814. The van der Waals surface area contributed by atoms with Crippen LogP contribution in [0.1, 0.15) is 19.8 Å². The van der Waals surface area contributed by atoms with Crippen LogP contribution >= 0.6 is 11.3 Å². The molecule has 2 rings (SSSR count). The second-order valence-electron chi connectivity index (χ2n) is 4.28. The average Bonchev–Trinajstić information content (AvgIpc) is 2.90. The standard InChI is InChI=1S/C11H13N5O5S/c1-7(17)21-5-3-2-4-12-9-8(16(19)20)10(18)15-11(14-9)22-6-13-15/h6,12H,2-5H2,1H3. The molecular weight excluding hydrogens is 314 g/mol. The van der Waals surface area contributed by atoms with E-state index in [4.69, 9.17) is 4.74 Å². The minimum atomic E-state index is -0.821. The summed E-state index contributed by atoms with van der Waals surface area (Å²) in [7, 11) is 0. The zero-order chi connectivity index (χ0) is 16.1. The fourth-order valence-corrected chi connectivity index (χ4v) is 2.33.